The zero-order chi connectivity index (χ0) is 19.5. The standard InChI is InChI=1S/C17H27BrN4O2SSi/c1-17(2,3)25(23)21-10-13-15(18)16-14(9-19-13)20-11-22(16)12-24-7-8-26(4,5)6/h9-11H,7-8,12H2,1-6H3/b21-10-. The molecule has 2 heterocycles. The first kappa shape index (κ1) is 21.6. The van der Waals surface area contributed by atoms with Crippen LogP contribution in [0.2, 0.25) is 25.7 Å². The van der Waals surface area contributed by atoms with Crippen molar-refractivity contribution in [3.63, 3.8) is 0 Å². The van der Waals surface area contributed by atoms with Gasteiger partial charge in [0.2, 0.25) is 0 Å². The maximum absolute atomic E-state index is 12.1. The molecule has 0 aromatic carbocycles. The normalized spacial score (nSPS) is 14.5. The molecular weight excluding hydrogens is 432 g/mol. The van der Waals surface area contributed by atoms with E-state index in [0.717, 1.165) is 28.2 Å². The van der Waals surface area contributed by atoms with Crippen molar-refractivity contribution in [3.8, 4) is 0 Å². The molecule has 0 fully saturated rings. The highest BCUT2D eigenvalue weighted by atomic mass is 79.9. The van der Waals surface area contributed by atoms with Crippen LogP contribution in [0.4, 0.5) is 0 Å². The summed E-state index contributed by atoms with van der Waals surface area (Å²) in [6.45, 7) is 13.8. The van der Waals surface area contributed by atoms with Crippen LogP contribution in [0.3, 0.4) is 0 Å². The van der Waals surface area contributed by atoms with Crippen LogP contribution < -0.4 is 0 Å². The first-order valence-corrected chi connectivity index (χ1v) is 14.1. The van der Waals surface area contributed by atoms with Crippen molar-refractivity contribution in [3.05, 3.63) is 22.7 Å². The fourth-order valence-electron chi connectivity index (χ4n) is 2.02. The van der Waals surface area contributed by atoms with Crippen LogP contribution in [-0.2, 0) is 22.8 Å². The summed E-state index contributed by atoms with van der Waals surface area (Å²) >= 11 is 2.27. The van der Waals surface area contributed by atoms with E-state index in [1.807, 2.05) is 25.3 Å². The Bertz CT molecular complexity index is 783. The van der Waals surface area contributed by atoms with Gasteiger partial charge in [-0.2, -0.15) is 0 Å². The Morgan fingerprint density at radius 1 is 1.35 bits per heavy atom. The second-order valence-corrected chi connectivity index (χ2v) is 16.7. The average molecular weight is 459 g/mol. The Hall–Kier alpha value is -0.743. The summed E-state index contributed by atoms with van der Waals surface area (Å²) in [6, 6.07) is 1.12. The van der Waals surface area contributed by atoms with E-state index in [4.69, 9.17) is 4.74 Å². The van der Waals surface area contributed by atoms with Crippen molar-refractivity contribution < 1.29 is 9.29 Å². The molecule has 0 saturated carbocycles. The number of hydrogen-bond acceptors (Lipinski definition) is 5. The van der Waals surface area contributed by atoms with E-state index in [-0.39, 0.29) is 0 Å². The van der Waals surface area contributed by atoms with Gasteiger partial charge in [-0.3, -0.25) is 4.98 Å². The van der Waals surface area contributed by atoms with Crippen molar-refractivity contribution in [2.75, 3.05) is 6.61 Å². The number of ether oxygens (including phenoxy) is 1. The number of fused-ring (bicyclic) bond motifs is 1. The number of rotatable bonds is 7. The number of hydrogen-bond donors (Lipinski definition) is 0. The third kappa shape index (κ3) is 5.88. The van der Waals surface area contributed by atoms with Crippen LogP contribution >= 0.6 is 15.9 Å². The lowest BCUT2D eigenvalue weighted by Crippen LogP contribution is -2.25. The molecule has 2 aromatic heterocycles. The molecule has 1 unspecified atom stereocenters. The molecular formula is C17H27BrN4O2SSi. The quantitative estimate of drug-likeness (QED) is 0.266. The van der Waals surface area contributed by atoms with Crippen LogP contribution in [0.15, 0.2) is 21.4 Å². The summed E-state index contributed by atoms with van der Waals surface area (Å²) < 4.78 is 24.4. The van der Waals surface area contributed by atoms with Gasteiger partial charge in [0.15, 0.2) is 0 Å². The van der Waals surface area contributed by atoms with Gasteiger partial charge >= 0.3 is 0 Å². The number of imidazole rings is 1. The molecule has 0 amide bonds. The van der Waals surface area contributed by atoms with Crippen LogP contribution in [0.5, 0.6) is 0 Å². The zero-order valence-electron chi connectivity index (χ0n) is 16.2. The molecule has 0 bridgehead atoms. The summed E-state index contributed by atoms with van der Waals surface area (Å²) in [7, 11) is -1.11. The number of halogens is 1. The number of pyridine rings is 1. The predicted molar refractivity (Wildman–Crippen MR) is 115 cm³/mol. The third-order valence-corrected chi connectivity index (χ3v) is 7.48. The lowest BCUT2D eigenvalue weighted by atomic mass is 10.3. The summed E-state index contributed by atoms with van der Waals surface area (Å²) in [5.41, 5.74) is 2.30. The van der Waals surface area contributed by atoms with Gasteiger partial charge in [0.05, 0.1) is 22.5 Å². The first-order valence-electron chi connectivity index (χ1n) is 8.52. The largest absolute Gasteiger partial charge is 0.591 e. The Balaban J connectivity index is 2.18. The Morgan fingerprint density at radius 2 is 2.04 bits per heavy atom. The summed E-state index contributed by atoms with van der Waals surface area (Å²) in [5, 5.41) is 0. The average Bonchev–Trinajstić information content (AvgIpc) is 2.92. The summed E-state index contributed by atoms with van der Waals surface area (Å²) in [6.07, 6.45) is 4.99. The lowest BCUT2D eigenvalue weighted by molar-refractivity contribution is 0.0898. The van der Waals surface area contributed by atoms with E-state index in [9.17, 15) is 4.55 Å². The summed E-state index contributed by atoms with van der Waals surface area (Å²) in [4.78, 5) is 8.74. The summed E-state index contributed by atoms with van der Waals surface area (Å²) in [5.74, 6) is 0. The second-order valence-electron chi connectivity index (χ2n) is 8.35. The van der Waals surface area contributed by atoms with Crippen LogP contribution in [0.1, 0.15) is 26.5 Å². The molecule has 2 aromatic rings. The molecule has 1 atom stereocenters. The van der Waals surface area contributed by atoms with Crippen molar-refractivity contribution in [1.29, 1.82) is 0 Å². The van der Waals surface area contributed by atoms with Gasteiger partial charge in [0.1, 0.15) is 40.3 Å². The zero-order valence-corrected chi connectivity index (χ0v) is 19.6. The molecule has 0 aliphatic rings. The second kappa shape index (κ2) is 8.51. The fraction of sp³-hybridized carbons (Fsp3) is 0.588. The highest BCUT2D eigenvalue weighted by molar-refractivity contribution is 9.10. The third-order valence-electron chi connectivity index (χ3n) is 3.65. The lowest BCUT2D eigenvalue weighted by Gasteiger charge is -2.17. The van der Waals surface area contributed by atoms with Gasteiger partial charge < -0.3 is 13.9 Å². The smallest absolute Gasteiger partial charge is 0.144 e. The Labute approximate surface area is 167 Å². The van der Waals surface area contributed by atoms with Gasteiger partial charge in [-0.15, -0.1) is 0 Å². The van der Waals surface area contributed by atoms with Crippen molar-refractivity contribution in [2.45, 2.75) is 57.9 Å². The highest BCUT2D eigenvalue weighted by Gasteiger charge is 2.26. The van der Waals surface area contributed by atoms with Gasteiger partial charge in [-0.1, -0.05) is 24.0 Å². The van der Waals surface area contributed by atoms with E-state index in [0.29, 0.717) is 12.4 Å². The van der Waals surface area contributed by atoms with E-state index >= 15 is 0 Å². The number of aromatic nitrogens is 3. The van der Waals surface area contributed by atoms with Crippen LogP contribution in [0.25, 0.3) is 11.0 Å². The SMILES string of the molecule is CC(C)(C)[S+]([O-])/N=C\c1ncc2ncn(COCC[Si](C)(C)C)c2c1Br. The van der Waals surface area contributed by atoms with Gasteiger partial charge in [0.25, 0.3) is 0 Å². The van der Waals surface area contributed by atoms with E-state index in [2.05, 4.69) is 49.9 Å². The molecule has 0 N–H and O–H groups in total. The minimum atomic E-state index is -1.32. The van der Waals surface area contributed by atoms with Crippen molar-refractivity contribution >= 4 is 52.6 Å². The van der Waals surface area contributed by atoms with Crippen molar-refractivity contribution in [2.24, 2.45) is 4.40 Å². The predicted octanol–water partition coefficient (Wildman–Crippen LogP) is 4.39. The molecule has 0 radical (unpaired) electrons. The highest BCUT2D eigenvalue weighted by Crippen LogP contribution is 2.26. The molecule has 9 heteroatoms. The Kier molecular flexibility index (Phi) is 7.06. The molecule has 0 spiro atoms. The molecule has 6 nitrogen and oxygen atoms in total. The van der Waals surface area contributed by atoms with Crippen LogP contribution in [-0.4, -0.2) is 44.7 Å². The molecule has 0 aliphatic carbocycles. The molecule has 26 heavy (non-hydrogen) atoms. The number of nitrogens with zero attached hydrogens (tertiary/aromatic N) is 4. The maximum atomic E-state index is 12.1. The fourth-order valence-corrected chi connectivity index (χ4v) is 3.93. The maximum Gasteiger partial charge on any atom is 0.144 e. The minimum absolute atomic E-state index is 0.404. The van der Waals surface area contributed by atoms with E-state index in [1.165, 1.54) is 0 Å². The van der Waals surface area contributed by atoms with Crippen LogP contribution in [0, 0.1) is 0 Å². The molecule has 0 saturated heterocycles. The molecule has 2 rings (SSSR count). The van der Waals surface area contributed by atoms with Gasteiger partial charge in [0, 0.05) is 14.7 Å². The Morgan fingerprint density at radius 3 is 2.65 bits per heavy atom. The van der Waals surface area contributed by atoms with Gasteiger partial charge in [-0.05, 0) is 42.7 Å². The molecule has 144 valence electrons. The minimum Gasteiger partial charge on any atom is -0.591 e. The van der Waals surface area contributed by atoms with E-state index < -0.39 is 24.2 Å². The molecule has 0 aliphatic heterocycles. The topological polar surface area (TPSA) is 75.4 Å². The van der Waals surface area contributed by atoms with Gasteiger partial charge in [-0.25, -0.2) is 4.98 Å². The first-order chi connectivity index (χ1) is 12.0. The van der Waals surface area contributed by atoms with Crippen molar-refractivity contribution in [1.82, 2.24) is 14.5 Å². The monoisotopic (exact) mass is 458 g/mol. The van der Waals surface area contributed by atoms with E-state index in [1.54, 1.807) is 18.7 Å².